The van der Waals surface area contributed by atoms with E-state index in [1.54, 1.807) is 0 Å². The van der Waals surface area contributed by atoms with Gasteiger partial charge in [-0.15, -0.1) is 0 Å². The molecular weight excluding hydrogens is 410 g/mol. The monoisotopic (exact) mass is 436 g/mol. The molecule has 2 atom stereocenters. The van der Waals surface area contributed by atoms with Crippen molar-refractivity contribution < 1.29 is 35.8 Å². The van der Waals surface area contributed by atoms with Gasteiger partial charge < -0.3 is 9.47 Å². The van der Waals surface area contributed by atoms with Gasteiger partial charge in [-0.1, -0.05) is 25.5 Å². The van der Waals surface area contributed by atoms with Gasteiger partial charge in [-0.25, -0.2) is 17.6 Å². The zero-order valence-electron chi connectivity index (χ0n) is 16.8. The van der Waals surface area contributed by atoms with E-state index in [4.69, 9.17) is 9.47 Å². The van der Waals surface area contributed by atoms with Crippen molar-refractivity contribution in [3.05, 3.63) is 47.1 Å². The van der Waals surface area contributed by atoms with Crippen molar-refractivity contribution in [2.24, 2.45) is 11.8 Å². The molecule has 0 amide bonds. The number of ether oxygens (including phenoxy) is 2. The summed E-state index contributed by atoms with van der Waals surface area (Å²) in [4.78, 5) is 0. The lowest BCUT2D eigenvalue weighted by Crippen LogP contribution is -2.47. The third kappa shape index (κ3) is 5.19. The van der Waals surface area contributed by atoms with Gasteiger partial charge in [-0.3, -0.25) is 0 Å². The SMILES string of the molecule is CCCCc1ccc(C2CCC(C3OCC(C=C(F)F)CO3)C(F)(F)C2)c(F)c1F. The van der Waals surface area contributed by atoms with Crippen molar-refractivity contribution in [2.45, 2.75) is 63.6 Å². The molecule has 0 spiro atoms. The van der Waals surface area contributed by atoms with Gasteiger partial charge in [0, 0.05) is 12.3 Å². The second-order valence-corrected chi connectivity index (χ2v) is 8.14. The number of unbranched alkanes of at least 4 members (excludes halogenated alkanes) is 1. The van der Waals surface area contributed by atoms with E-state index in [-0.39, 0.29) is 37.2 Å². The van der Waals surface area contributed by atoms with Crippen LogP contribution in [0.5, 0.6) is 0 Å². The Morgan fingerprint density at radius 2 is 1.80 bits per heavy atom. The van der Waals surface area contributed by atoms with Crippen LogP contribution in [0.15, 0.2) is 24.3 Å². The van der Waals surface area contributed by atoms with Gasteiger partial charge >= 0.3 is 0 Å². The highest BCUT2D eigenvalue weighted by atomic mass is 19.3. The molecule has 30 heavy (non-hydrogen) atoms. The fourth-order valence-corrected chi connectivity index (χ4v) is 4.29. The maximum absolute atomic E-state index is 14.9. The number of aryl methyl sites for hydroxylation is 1. The molecule has 2 fully saturated rings. The van der Waals surface area contributed by atoms with Crippen molar-refractivity contribution in [3.8, 4) is 0 Å². The molecule has 0 bridgehead atoms. The molecule has 2 nitrogen and oxygen atoms in total. The molecule has 1 aromatic carbocycles. The first kappa shape index (κ1) is 23.1. The number of rotatable bonds is 6. The lowest BCUT2D eigenvalue weighted by molar-refractivity contribution is -0.265. The molecule has 3 rings (SSSR count). The van der Waals surface area contributed by atoms with E-state index in [0.717, 1.165) is 12.8 Å². The van der Waals surface area contributed by atoms with Crippen LogP contribution in [0.4, 0.5) is 26.3 Å². The third-order valence-electron chi connectivity index (χ3n) is 5.96. The van der Waals surface area contributed by atoms with E-state index in [9.17, 15) is 26.3 Å². The quantitative estimate of drug-likeness (QED) is 0.468. The Morgan fingerprint density at radius 3 is 2.40 bits per heavy atom. The molecule has 2 aliphatic rings. The number of hydrogen-bond donors (Lipinski definition) is 0. The minimum Gasteiger partial charge on any atom is -0.351 e. The largest absolute Gasteiger partial charge is 0.351 e. The molecule has 0 aromatic heterocycles. The average Bonchev–Trinajstić information content (AvgIpc) is 2.69. The summed E-state index contributed by atoms with van der Waals surface area (Å²) in [7, 11) is 0. The lowest BCUT2D eigenvalue weighted by Gasteiger charge is -2.41. The predicted molar refractivity (Wildman–Crippen MR) is 99.5 cm³/mol. The first-order valence-electron chi connectivity index (χ1n) is 10.3. The zero-order chi connectivity index (χ0) is 21.9. The summed E-state index contributed by atoms with van der Waals surface area (Å²) in [5, 5.41) is 0. The van der Waals surface area contributed by atoms with Crippen LogP contribution in [0.2, 0.25) is 0 Å². The molecule has 168 valence electrons. The standard InChI is InChI=1S/C22H26F6O2/c1-2-3-4-14-5-7-16(20(26)19(14)25)15-6-8-17(22(27,28)10-15)21-29-11-13(12-30-21)9-18(23)24/h5,7,9,13,15,17,21H,2-4,6,8,10-12H2,1H3. The van der Waals surface area contributed by atoms with Gasteiger partial charge in [-0.2, -0.15) is 8.78 Å². The summed E-state index contributed by atoms with van der Waals surface area (Å²) >= 11 is 0. The molecule has 1 aliphatic carbocycles. The second-order valence-electron chi connectivity index (χ2n) is 8.14. The Kier molecular flexibility index (Phi) is 7.50. The van der Waals surface area contributed by atoms with Crippen LogP contribution in [-0.4, -0.2) is 25.4 Å². The molecule has 1 heterocycles. The van der Waals surface area contributed by atoms with Gasteiger partial charge in [-0.05, 0) is 48.8 Å². The Balaban J connectivity index is 1.67. The third-order valence-corrected chi connectivity index (χ3v) is 5.96. The van der Waals surface area contributed by atoms with E-state index in [0.29, 0.717) is 12.5 Å². The fraction of sp³-hybridized carbons (Fsp3) is 0.636. The Labute approximate surface area is 172 Å². The van der Waals surface area contributed by atoms with E-state index < -0.39 is 54.1 Å². The van der Waals surface area contributed by atoms with Crippen molar-refractivity contribution >= 4 is 0 Å². The molecule has 1 saturated heterocycles. The highest BCUT2D eigenvalue weighted by molar-refractivity contribution is 5.30. The van der Waals surface area contributed by atoms with Crippen LogP contribution in [0.25, 0.3) is 0 Å². The summed E-state index contributed by atoms with van der Waals surface area (Å²) < 4.78 is 93.9. The van der Waals surface area contributed by atoms with Crippen molar-refractivity contribution in [1.29, 1.82) is 0 Å². The maximum Gasteiger partial charge on any atom is 0.266 e. The topological polar surface area (TPSA) is 18.5 Å². The Morgan fingerprint density at radius 1 is 1.10 bits per heavy atom. The van der Waals surface area contributed by atoms with Crippen LogP contribution in [-0.2, 0) is 15.9 Å². The molecule has 1 aromatic rings. The molecular formula is C22H26F6O2. The summed E-state index contributed by atoms with van der Waals surface area (Å²) in [6.07, 6.45) is -0.839. The Bertz CT molecular complexity index is 754. The van der Waals surface area contributed by atoms with Crippen molar-refractivity contribution in [2.75, 3.05) is 13.2 Å². The van der Waals surface area contributed by atoms with Crippen molar-refractivity contribution in [1.82, 2.24) is 0 Å². The van der Waals surface area contributed by atoms with Gasteiger partial charge in [0.25, 0.3) is 12.0 Å². The highest BCUT2D eigenvalue weighted by Gasteiger charge is 2.51. The minimum atomic E-state index is -3.22. The van der Waals surface area contributed by atoms with E-state index in [1.807, 2.05) is 6.92 Å². The fourth-order valence-electron chi connectivity index (χ4n) is 4.29. The number of hydrogen-bond acceptors (Lipinski definition) is 2. The van der Waals surface area contributed by atoms with E-state index in [1.165, 1.54) is 12.1 Å². The predicted octanol–water partition coefficient (Wildman–Crippen LogP) is 6.60. The van der Waals surface area contributed by atoms with Crippen LogP contribution in [0.3, 0.4) is 0 Å². The molecule has 8 heteroatoms. The summed E-state index contributed by atoms with van der Waals surface area (Å²) in [5.41, 5.74) is 0.232. The molecule has 1 saturated carbocycles. The van der Waals surface area contributed by atoms with Gasteiger partial charge in [0.15, 0.2) is 17.9 Å². The van der Waals surface area contributed by atoms with Gasteiger partial charge in [0.05, 0.1) is 19.1 Å². The summed E-state index contributed by atoms with van der Waals surface area (Å²) in [5.74, 6) is -7.97. The first-order valence-corrected chi connectivity index (χ1v) is 10.3. The highest BCUT2D eigenvalue weighted by Crippen LogP contribution is 2.48. The van der Waals surface area contributed by atoms with Crippen LogP contribution < -0.4 is 0 Å². The normalized spacial score (nSPS) is 28.9. The van der Waals surface area contributed by atoms with Crippen LogP contribution in [0.1, 0.15) is 56.1 Å². The van der Waals surface area contributed by atoms with E-state index >= 15 is 0 Å². The summed E-state index contributed by atoms with van der Waals surface area (Å²) in [6, 6.07) is 2.90. The van der Waals surface area contributed by atoms with Gasteiger partial charge in [0.2, 0.25) is 0 Å². The van der Waals surface area contributed by atoms with Crippen LogP contribution in [0, 0.1) is 23.5 Å². The Hall–Kier alpha value is -1.54. The minimum absolute atomic E-state index is 0.00104. The number of halogens is 6. The average molecular weight is 436 g/mol. The second kappa shape index (κ2) is 9.73. The lowest BCUT2D eigenvalue weighted by atomic mass is 9.75. The number of benzene rings is 1. The van der Waals surface area contributed by atoms with Crippen LogP contribution >= 0.6 is 0 Å². The maximum atomic E-state index is 14.9. The molecule has 2 unspecified atom stereocenters. The van der Waals surface area contributed by atoms with E-state index in [2.05, 4.69) is 0 Å². The smallest absolute Gasteiger partial charge is 0.266 e. The zero-order valence-corrected chi connectivity index (χ0v) is 16.8. The van der Waals surface area contributed by atoms with Crippen molar-refractivity contribution in [3.63, 3.8) is 0 Å². The molecule has 0 radical (unpaired) electrons. The van der Waals surface area contributed by atoms with Gasteiger partial charge in [0.1, 0.15) is 0 Å². The number of alkyl halides is 2. The first-order chi connectivity index (χ1) is 14.2. The molecule has 0 N–H and O–H groups in total. The molecule has 1 aliphatic heterocycles. The summed E-state index contributed by atoms with van der Waals surface area (Å²) in [6.45, 7) is 1.69.